The van der Waals surface area contributed by atoms with Gasteiger partial charge in [0.25, 0.3) is 0 Å². The minimum Gasteiger partial charge on any atom is -0.339 e. The number of carbonyl (C=O) groups excluding carboxylic acids is 1. The van der Waals surface area contributed by atoms with Crippen LogP contribution in [0.5, 0.6) is 0 Å². The van der Waals surface area contributed by atoms with Crippen molar-refractivity contribution in [3.63, 3.8) is 0 Å². The van der Waals surface area contributed by atoms with Crippen LogP contribution in [0.15, 0.2) is 18.2 Å². The maximum atomic E-state index is 13.6. The zero-order valence-electron chi connectivity index (χ0n) is 11.0. The third-order valence-corrected chi connectivity index (χ3v) is 2.98. The quantitative estimate of drug-likeness (QED) is 0.907. The average Bonchev–Trinajstić information content (AvgIpc) is 2.37. The van der Waals surface area contributed by atoms with Crippen LogP contribution in [0.3, 0.4) is 0 Å². The number of benzene rings is 1. The van der Waals surface area contributed by atoms with Crippen molar-refractivity contribution in [3.8, 4) is 0 Å². The normalized spacial score (nSPS) is 11.6. The average molecular weight is 293 g/mol. The van der Waals surface area contributed by atoms with Crippen LogP contribution in [0, 0.1) is 11.6 Å². The monoisotopic (exact) mass is 292 g/mol. The van der Waals surface area contributed by atoms with E-state index in [9.17, 15) is 13.6 Å². The summed E-state index contributed by atoms with van der Waals surface area (Å²) >= 11 is 0. The molecule has 0 fully saturated rings. The smallest absolute Gasteiger partial charge is 0.222 e. The highest BCUT2D eigenvalue weighted by Gasteiger charge is 2.20. The van der Waals surface area contributed by atoms with Crippen molar-refractivity contribution >= 4 is 18.3 Å². The predicted octanol–water partition coefficient (Wildman–Crippen LogP) is 2.64. The van der Waals surface area contributed by atoms with Gasteiger partial charge in [0.15, 0.2) is 0 Å². The Morgan fingerprint density at radius 2 is 2.05 bits per heavy atom. The zero-order chi connectivity index (χ0) is 13.7. The fourth-order valence-corrected chi connectivity index (χ4v) is 1.69. The number of carbonyl (C=O) groups is 1. The van der Waals surface area contributed by atoms with Gasteiger partial charge in [-0.05, 0) is 38.1 Å². The molecule has 3 nitrogen and oxygen atoms in total. The molecule has 108 valence electrons. The molecule has 1 aromatic carbocycles. The maximum absolute atomic E-state index is 13.6. The number of nitrogens with two attached hydrogens (primary N) is 1. The lowest BCUT2D eigenvalue weighted by atomic mass is 10.1. The van der Waals surface area contributed by atoms with Crippen LogP contribution in [0.25, 0.3) is 0 Å². The molecule has 0 saturated carbocycles. The zero-order valence-corrected chi connectivity index (χ0v) is 11.8. The van der Waals surface area contributed by atoms with Gasteiger partial charge < -0.3 is 10.6 Å². The van der Waals surface area contributed by atoms with E-state index in [1.54, 1.807) is 14.0 Å². The summed E-state index contributed by atoms with van der Waals surface area (Å²) in [5, 5.41) is 0. The number of hydrogen-bond acceptors (Lipinski definition) is 2. The van der Waals surface area contributed by atoms with Gasteiger partial charge in [-0.25, -0.2) is 8.78 Å². The number of rotatable bonds is 5. The molecule has 0 aliphatic heterocycles. The van der Waals surface area contributed by atoms with E-state index in [-0.39, 0.29) is 23.9 Å². The molecule has 0 saturated heterocycles. The van der Waals surface area contributed by atoms with Gasteiger partial charge in [0.2, 0.25) is 5.91 Å². The molecule has 0 spiro atoms. The van der Waals surface area contributed by atoms with Crippen molar-refractivity contribution in [1.29, 1.82) is 0 Å². The highest BCUT2D eigenvalue weighted by atomic mass is 35.5. The Hall–Kier alpha value is -1.20. The van der Waals surface area contributed by atoms with Crippen LogP contribution < -0.4 is 5.73 Å². The predicted molar refractivity (Wildman–Crippen MR) is 73.1 cm³/mol. The topological polar surface area (TPSA) is 46.3 Å². The molecule has 0 aliphatic carbocycles. The minimum absolute atomic E-state index is 0. The Morgan fingerprint density at radius 3 is 2.63 bits per heavy atom. The summed E-state index contributed by atoms with van der Waals surface area (Å²) in [5.74, 6) is -1.15. The van der Waals surface area contributed by atoms with Crippen LogP contribution in [0.4, 0.5) is 8.78 Å². The van der Waals surface area contributed by atoms with E-state index < -0.39 is 17.7 Å². The van der Waals surface area contributed by atoms with Crippen LogP contribution in [0.1, 0.15) is 31.4 Å². The van der Waals surface area contributed by atoms with Crippen molar-refractivity contribution in [2.75, 3.05) is 13.6 Å². The van der Waals surface area contributed by atoms with Crippen molar-refractivity contribution in [2.45, 2.75) is 25.8 Å². The molecule has 1 atom stereocenters. The Morgan fingerprint density at radius 1 is 1.42 bits per heavy atom. The SMILES string of the molecule is CC(c1cc(F)ccc1F)N(C)C(=O)CCCN.Cl. The van der Waals surface area contributed by atoms with Gasteiger partial charge in [-0.3, -0.25) is 4.79 Å². The summed E-state index contributed by atoms with van der Waals surface area (Å²) in [6.07, 6.45) is 0.899. The first-order valence-electron chi connectivity index (χ1n) is 5.88. The lowest BCUT2D eigenvalue weighted by Crippen LogP contribution is -2.30. The van der Waals surface area contributed by atoms with Gasteiger partial charge in [0.05, 0.1) is 6.04 Å². The molecule has 1 rings (SSSR count). The van der Waals surface area contributed by atoms with E-state index in [1.807, 2.05) is 0 Å². The lowest BCUT2D eigenvalue weighted by molar-refractivity contribution is -0.131. The van der Waals surface area contributed by atoms with Gasteiger partial charge in [-0.15, -0.1) is 12.4 Å². The van der Waals surface area contributed by atoms with Crippen LogP contribution >= 0.6 is 12.4 Å². The molecule has 0 aromatic heterocycles. The van der Waals surface area contributed by atoms with Gasteiger partial charge in [-0.2, -0.15) is 0 Å². The highest BCUT2D eigenvalue weighted by Crippen LogP contribution is 2.23. The van der Waals surface area contributed by atoms with E-state index >= 15 is 0 Å². The van der Waals surface area contributed by atoms with Crippen molar-refractivity contribution in [1.82, 2.24) is 4.90 Å². The molecule has 1 amide bonds. The van der Waals surface area contributed by atoms with Crippen LogP contribution in [0.2, 0.25) is 0 Å². The van der Waals surface area contributed by atoms with E-state index in [0.717, 1.165) is 18.2 Å². The van der Waals surface area contributed by atoms with E-state index in [0.29, 0.717) is 19.4 Å². The van der Waals surface area contributed by atoms with Gasteiger partial charge in [-0.1, -0.05) is 0 Å². The molecular weight excluding hydrogens is 274 g/mol. The number of amides is 1. The second kappa shape index (κ2) is 8.07. The first-order chi connectivity index (χ1) is 8.47. The molecule has 19 heavy (non-hydrogen) atoms. The second-order valence-corrected chi connectivity index (χ2v) is 4.24. The molecule has 0 radical (unpaired) electrons. The molecule has 1 unspecified atom stereocenters. The molecule has 2 N–H and O–H groups in total. The number of halogens is 3. The Labute approximate surface area is 118 Å². The molecule has 1 aromatic rings. The highest BCUT2D eigenvalue weighted by molar-refractivity contribution is 5.85. The molecular formula is C13H19ClF2N2O. The van der Waals surface area contributed by atoms with Crippen molar-refractivity contribution in [2.24, 2.45) is 5.73 Å². The molecule has 0 aliphatic rings. The third-order valence-electron chi connectivity index (χ3n) is 2.98. The number of nitrogens with zero attached hydrogens (tertiary/aromatic N) is 1. The Bertz CT molecular complexity index is 429. The minimum atomic E-state index is -0.513. The van der Waals surface area contributed by atoms with Crippen LogP contribution in [-0.2, 0) is 4.79 Å². The summed E-state index contributed by atoms with van der Waals surface area (Å²) in [6, 6.07) is 2.74. The standard InChI is InChI=1S/C13H18F2N2O.ClH/c1-9(17(2)13(18)4-3-7-16)11-8-10(14)5-6-12(11)15;/h5-6,8-9H,3-4,7,16H2,1-2H3;1H. The fraction of sp³-hybridized carbons (Fsp3) is 0.462. The maximum Gasteiger partial charge on any atom is 0.222 e. The van der Waals surface area contributed by atoms with Gasteiger partial charge in [0, 0.05) is 19.0 Å². The fourth-order valence-electron chi connectivity index (χ4n) is 1.69. The van der Waals surface area contributed by atoms with Gasteiger partial charge in [0.1, 0.15) is 11.6 Å². The van der Waals surface area contributed by atoms with Crippen LogP contribution in [-0.4, -0.2) is 24.4 Å². The van der Waals surface area contributed by atoms with Crippen molar-refractivity contribution < 1.29 is 13.6 Å². The lowest BCUT2D eigenvalue weighted by Gasteiger charge is -2.25. The van der Waals surface area contributed by atoms with E-state index in [4.69, 9.17) is 5.73 Å². The summed E-state index contributed by atoms with van der Waals surface area (Å²) in [5.41, 5.74) is 5.51. The summed E-state index contributed by atoms with van der Waals surface area (Å²) in [7, 11) is 1.58. The summed E-state index contributed by atoms with van der Waals surface area (Å²) < 4.78 is 26.7. The molecule has 6 heteroatoms. The summed E-state index contributed by atoms with van der Waals surface area (Å²) in [4.78, 5) is 13.2. The second-order valence-electron chi connectivity index (χ2n) is 4.24. The Balaban J connectivity index is 0.00000324. The first kappa shape index (κ1) is 17.8. The third kappa shape index (κ3) is 4.76. The van der Waals surface area contributed by atoms with E-state index in [1.165, 1.54) is 4.90 Å². The first-order valence-corrected chi connectivity index (χ1v) is 5.88. The molecule has 0 heterocycles. The van der Waals surface area contributed by atoms with E-state index in [2.05, 4.69) is 0 Å². The number of hydrogen-bond donors (Lipinski definition) is 1. The largest absolute Gasteiger partial charge is 0.339 e. The van der Waals surface area contributed by atoms with Gasteiger partial charge >= 0.3 is 0 Å². The summed E-state index contributed by atoms with van der Waals surface area (Å²) in [6.45, 7) is 2.10. The van der Waals surface area contributed by atoms with Crippen molar-refractivity contribution in [3.05, 3.63) is 35.4 Å². The molecule has 0 bridgehead atoms. The Kier molecular flexibility index (Phi) is 7.56.